The standard InChI is InChI=1S/C15H20N2O2/c1-12(2)9-16-10-13-5-3-7-15(17-13)19-11-14-6-4-8-18-14/h3-8,12,16H,9-11H2,1-2H3. The SMILES string of the molecule is CC(C)CNCc1cccc(OCc2ccco2)n1. The summed E-state index contributed by atoms with van der Waals surface area (Å²) in [6.07, 6.45) is 1.64. The highest BCUT2D eigenvalue weighted by Crippen LogP contribution is 2.10. The van der Waals surface area contributed by atoms with Crippen LogP contribution in [0.15, 0.2) is 41.0 Å². The summed E-state index contributed by atoms with van der Waals surface area (Å²) >= 11 is 0. The Labute approximate surface area is 113 Å². The van der Waals surface area contributed by atoms with Gasteiger partial charge in [0.05, 0.1) is 12.0 Å². The molecule has 0 spiro atoms. The molecule has 2 heterocycles. The van der Waals surface area contributed by atoms with E-state index in [-0.39, 0.29) is 0 Å². The second-order valence-electron chi connectivity index (χ2n) is 4.86. The highest BCUT2D eigenvalue weighted by atomic mass is 16.5. The minimum Gasteiger partial charge on any atom is -0.469 e. The molecule has 2 aromatic heterocycles. The molecule has 102 valence electrons. The third-order valence-corrected chi connectivity index (χ3v) is 2.58. The second-order valence-corrected chi connectivity index (χ2v) is 4.86. The Kier molecular flexibility index (Phi) is 4.98. The molecule has 0 bridgehead atoms. The first-order valence-electron chi connectivity index (χ1n) is 6.56. The quantitative estimate of drug-likeness (QED) is 0.831. The predicted molar refractivity (Wildman–Crippen MR) is 73.8 cm³/mol. The normalized spacial score (nSPS) is 10.9. The Morgan fingerprint density at radius 2 is 2.16 bits per heavy atom. The van der Waals surface area contributed by atoms with E-state index < -0.39 is 0 Å². The van der Waals surface area contributed by atoms with Crippen molar-refractivity contribution in [3.05, 3.63) is 48.0 Å². The van der Waals surface area contributed by atoms with Crippen LogP contribution in [0.3, 0.4) is 0 Å². The number of nitrogens with one attached hydrogen (secondary N) is 1. The zero-order valence-electron chi connectivity index (χ0n) is 11.4. The highest BCUT2D eigenvalue weighted by molar-refractivity contribution is 5.16. The van der Waals surface area contributed by atoms with Crippen LogP contribution in [0.1, 0.15) is 25.3 Å². The predicted octanol–water partition coefficient (Wildman–Crippen LogP) is 3.00. The largest absolute Gasteiger partial charge is 0.469 e. The van der Waals surface area contributed by atoms with Crippen molar-refractivity contribution >= 4 is 0 Å². The van der Waals surface area contributed by atoms with Gasteiger partial charge in [0.2, 0.25) is 5.88 Å². The first-order chi connectivity index (χ1) is 9.24. The molecule has 0 aliphatic rings. The summed E-state index contributed by atoms with van der Waals surface area (Å²) in [5, 5.41) is 3.36. The Balaban J connectivity index is 1.84. The van der Waals surface area contributed by atoms with Gasteiger partial charge in [-0.2, -0.15) is 0 Å². The zero-order valence-corrected chi connectivity index (χ0v) is 11.4. The monoisotopic (exact) mass is 260 g/mol. The molecule has 2 rings (SSSR count). The van der Waals surface area contributed by atoms with Crippen molar-refractivity contribution in [2.24, 2.45) is 5.92 Å². The van der Waals surface area contributed by atoms with Crippen LogP contribution in [0.2, 0.25) is 0 Å². The van der Waals surface area contributed by atoms with E-state index in [0.29, 0.717) is 18.4 Å². The molecule has 0 aromatic carbocycles. The summed E-state index contributed by atoms with van der Waals surface area (Å²) in [5.41, 5.74) is 0.984. The van der Waals surface area contributed by atoms with Crippen LogP contribution in [0.5, 0.6) is 5.88 Å². The number of furan rings is 1. The molecule has 4 heteroatoms. The molecular formula is C15H20N2O2. The second kappa shape index (κ2) is 6.95. The zero-order chi connectivity index (χ0) is 13.5. The first kappa shape index (κ1) is 13.6. The van der Waals surface area contributed by atoms with Crippen LogP contribution >= 0.6 is 0 Å². The van der Waals surface area contributed by atoms with Crippen LogP contribution in [0.25, 0.3) is 0 Å². The summed E-state index contributed by atoms with van der Waals surface area (Å²) in [4.78, 5) is 4.44. The van der Waals surface area contributed by atoms with Gasteiger partial charge in [-0.25, -0.2) is 4.98 Å². The van der Waals surface area contributed by atoms with Gasteiger partial charge >= 0.3 is 0 Å². The Morgan fingerprint density at radius 3 is 2.89 bits per heavy atom. The van der Waals surface area contributed by atoms with Crippen LogP contribution in [-0.4, -0.2) is 11.5 Å². The minimum atomic E-state index is 0.406. The molecule has 19 heavy (non-hydrogen) atoms. The van der Waals surface area contributed by atoms with Crippen molar-refractivity contribution in [2.45, 2.75) is 27.0 Å². The molecule has 0 atom stereocenters. The van der Waals surface area contributed by atoms with Gasteiger partial charge in [0.1, 0.15) is 12.4 Å². The molecule has 0 saturated carbocycles. The Morgan fingerprint density at radius 1 is 1.26 bits per heavy atom. The van der Waals surface area contributed by atoms with E-state index in [1.54, 1.807) is 6.26 Å². The maximum absolute atomic E-state index is 5.59. The third kappa shape index (κ3) is 4.75. The summed E-state index contributed by atoms with van der Waals surface area (Å²) in [6, 6.07) is 9.53. The van der Waals surface area contributed by atoms with Crippen molar-refractivity contribution in [3.63, 3.8) is 0 Å². The van der Waals surface area contributed by atoms with E-state index >= 15 is 0 Å². The van der Waals surface area contributed by atoms with E-state index in [4.69, 9.17) is 9.15 Å². The van der Waals surface area contributed by atoms with E-state index in [1.807, 2.05) is 30.3 Å². The number of aromatic nitrogens is 1. The third-order valence-electron chi connectivity index (χ3n) is 2.58. The fraction of sp³-hybridized carbons (Fsp3) is 0.400. The molecule has 0 saturated heterocycles. The number of ether oxygens (including phenoxy) is 1. The van der Waals surface area contributed by atoms with Gasteiger partial charge in [-0.15, -0.1) is 0 Å². The molecule has 4 nitrogen and oxygen atoms in total. The summed E-state index contributed by atoms with van der Waals surface area (Å²) in [7, 11) is 0. The van der Waals surface area contributed by atoms with E-state index in [9.17, 15) is 0 Å². The van der Waals surface area contributed by atoms with E-state index in [1.165, 1.54) is 0 Å². The minimum absolute atomic E-state index is 0.406. The smallest absolute Gasteiger partial charge is 0.213 e. The Hall–Kier alpha value is -1.81. The number of hydrogen-bond acceptors (Lipinski definition) is 4. The molecule has 0 aliphatic carbocycles. The van der Waals surface area contributed by atoms with Crippen LogP contribution < -0.4 is 10.1 Å². The first-order valence-corrected chi connectivity index (χ1v) is 6.56. The number of pyridine rings is 1. The molecule has 0 unspecified atom stereocenters. The topological polar surface area (TPSA) is 47.3 Å². The van der Waals surface area contributed by atoms with Gasteiger partial charge < -0.3 is 14.5 Å². The van der Waals surface area contributed by atoms with Crippen molar-refractivity contribution in [1.29, 1.82) is 0 Å². The molecule has 0 amide bonds. The summed E-state index contributed by atoms with van der Waals surface area (Å²) in [6.45, 7) is 6.52. The van der Waals surface area contributed by atoms with E-state index in [2.05, 4.69) is 24.1 Å². The molecule has 0 radical (unpaired) electrons. The molecule has 1 N–H and O–H groups in total. The van der Waals surface area contributed by atoms with Crippen molar-refractivity contribution in [2.75, 3.05) is 6.54 Å². The van der Waals surface area contributed by atoms with Crippen molar-refractivity contribution in [1.82, 2.24) is 10.3 Å². The number of rotatable bonds is 7. The van der Waals surface area contributed by atoms with Crippen molar-refractivity contribution in [3.8, 4) is 5.88 Å². The molecule has 2 aromatic rings. The average molecular weight is 260 g/mol. The van der Waals surface area contributed by atoms with Crippen molar-refractivity contribution < 1.29 is 9.15 Å². The average Bonchev–Trinajstić information content (AvgIpc) is 2.89. The lowest BCUT2D eigenvalue weighted by molar-refractivity contribution is 0.260. The molecule has 0 fully saturated rings. The van der Waals surface area contributed by atoms with Gasteiger partial charge in [0.15, 0.2) is 0 Å². The highest BCUT2D eigenvalue weighted by Gasteiger charge is 2.01. The lowest BCUT2D eigenvalue weighted by atomic mass is 10.2. The number of hydrogen-bond donors (Lipinski definition) is 1. The van der Waals surface area contributed by atoms with Crippen LogP contribution in [0.4, 0.5) is 0 Å². The summed E-state index contributed by atoms with van der Waals surface area (Å²) in [5.74, 6) is 2.06. The fourth-order valence-electron chi connectivity index (χ4n) is 1.67. The fourth-order valence-corrected chi connectivity index (χ4v) is 1.67. The lowest BCUT2D eigenvalue weighted by Gasteiger charge is -2.08. The van der Waals surface area contributed by atoms with Gasteiger partial charge in [-0.05, 0) is 30.7 Å². The number of nitrogens with zero attached hydrogens (tertiary/aromatic N) is 1. The lowest BCUT2D eigenvalue weighted by Crippen LogP contribution is -2.19. The van der Waals surface area contributed by atoms with Gasteiger partial charge in [0, 0.05) is 12.6 Å². The molecular weight excluding hydrogens is 240 g/mol. The van der Waals surface area contributed by atoms with Gasteiger partial charge in [0.25, 0.3) is 0 Å². The maximum atomic E-state index is 5.59. The Bertz CT molecular complexity index is 481. The summed E-state index contributed by atoms with van der Waals surface area (Å²) < 4.78 is 10.8. The van der Waals surface area contributed by atoms with Crippen LogP contribution in [-0.2, 0) is 13.2 Å². The van der Waals surface area contributed by atoms with Gasteiger partial charge in [-0.3, -0.25) is 0 Å². The van der Waals surface area contributed by atoms with Gasteiger partial charge in [-0.1, -0.05) is 19.9 Å². The maximum Gasteiger partial charge on any atom is 0.213 e. The van der Waals surface area contributed by atoms with E-state index in [0.717, 1.165) is 24.5 Å². The van der Waals surface area contributed by atoms with Crippen LogP contribution in [0, 0.1) is 5.92 Å². The molecule has 0 aliphatic heterocycles.